The molecule has 2 heterocycles. The zero-order valence-corrected chi connectivity index (χ0v) is 11.1. The van der Waals surface area contributed by atoms with Gasteiger partial charge in [0.15, 0.2) is 5.82 Å². The van der Waals surface area contributed by atoms with Crippen molar-refractivity contribution in [3.63, 3.8) is 0 Å². The summed E-state index contributed by atoms with van der Waals surface area (Å²) in [6.07, 6.45) is 0. The van der Waals surface area contributed by atoms with E-state index in [0.29, 0.717) is 17.3 Å². The van der Waals surface area contributed by atoms with E-state index in [1.165, 1.54) is 0 Å². The molecule has 20 heavy (non-hydrogen) atoms. The predicted molar refractivity (Wildman–Crippen MR) is 74.0 cm³/mol. The van der Waals surface area contributed by atoms with E-state index in [4.69, 9.17) is 9.26 Å². The molecule has 0 aliphatic rings. The fourth-order valence-corrected chi connectivity index (χ4v) is 1.97. The highest BCUT2D eigenvalue weighted by atomic mass is 16.5. The van der Waals surface area contributed by atoms with Crippen LogP contribution in [-0.2, 0) is 0 Å². The van der Waals surface area contributed by atoms with Crippen LogP contribution in [0.1, 0.15) is 16.2 Å². The number of hydrogen-bond donors (Lipinski definition) is 2. The standard InChI is InChI=1S/C14H13N3O3/c1-8-5-13(17-20-8)16-14(18)12-7-9-6-10(19-2)3-4-11(9)15-12/h3-7,15H,1-2H3,(H,16,17,18). The Bertz CT molecular complexity index is 773. The number of amides is 1. The lowest BCUT2D eigenvalue weighted by Gasteiger charge is -1.97. The molecule has 0 saturated carbocycles. The first kappa shape index (κ1) is 12.3. The Labute approximate surface area is 114 Å². The fourth-order valence-electron chi connectivity index (χ4n) is 1.97. The number of H-pyrrole nitrogens is 1. The van der Waals surface area contributed by atoms with Gasteiger partial charge in [0, 0.05) is 17.0 Å². The monoisotopic (exact) mass is 271 g/mol. The van der Waals surface area contributed by atoms with E-state index in [-0.39, 0.29) is 5.91 Å². The molecule has 0 spiro atoms. The summed E-state index contributed by atoms with van der Waals surface area (Å²) in [5.41, 5.74) is 1.32. The van der Waals surface area contributed by atoms with Gasteiger partial charge in [0.05, 0.1) is 7.11 Å². The summed E-state index contributed by atoms with van der Waals surface area (Å²) in [7, 11) is 1.61. The number of rotatable bonds is 3. The minimum absolute atomic E-state index is 0.270. The summed E-state index contributed by atoms with van der Waals surface area (Å²) in [6, 6.07) is 8.99. The van der Waals surface area contributed by atoms with Crippen molar-refractivity contribution >= 4 is 22.6 Å². The smallest absolute Gasteiger partial charge is 0.273 e. The molecule has 6 nitrogen and oxygen atoms in total. The summed E-state index contributed by atoms with van der Waals surface area (Å²) in [5.74, 6) is 1.51. The van der Waals surface area contributed by atoms with Crippen molar-refractivity contribution in [1.29, 1.82) is 0 Å². The van der Waals surface area contributed by atoms with Crippen LogP contribution in [0.2, 0.25) is 0 Å². The number of ether oxygens (including phenoxy) is 1. The summed E-state index contributed by atoms with van der Waals surface area (Å²) < 4.78 is 10.1. The predicted octanol–water partition coefficient (Wildman–Crippen LogP) is 2.73. The quantitative estimate of drug-likeness (QED) is 0.767. The molecule has 0 radical (unpaired) electrons. The van der Waals surface area contributed by atoms with Gasteiger partial charge in [-0.3, -0.25) is 4.79 Å². The van der Waals surface area contributed by atoms with E-state index >= 15 is 0 Å². The van der Waals surface area contributed by atoms with Crippen LogP contribution in [0.25, 0.3) is 10.9 Å². The zero-order chi connectivity index (χ0) is 14.1. The number of benzene rings is 1. The molecule has 3 aromatic rings. The first-order chi connectivity index (χ1) is 9.65. The number of methoxy groups -OCH3 is 1. The molecule has 0 atom stereocenters. The number of aromatic amines is 1. The van der Waals surface area contributed by atoms with Gasteiger partial charge < -0.3 is 19.6 Å². The third-order valence-corrected chi connectivity index (χ3v) is 2.94. The van der Waals surface area contributed by atoms with Gasteiger partial charge in [0.1, 0.15) is 17.2 Å². The van der Waals surface area contributed by atoms with Crippen molar-refractivity contribution in [3.05, 3.63) is 41.8 Å². The van der Waals surface area contributed by atoms with Crippen LogP contribution in [0.3, 0.4) is 0 Å². The van der Waals surface area contributed by atoms with E-state index in [1.807, 2.05) is 18.2 Å². The second kappa shape index (κ2) is 4.73. The Balaban J connectivity index is 1.87. The maximum absolute atomic E-state index is 12.1. The lowest BCUT2D eigenvalue weighted by Crippen LogP contribution is -2.12. The minimum Gasteiger partial charge on any atom is -0.497 e. The third kappa shape index (κ3) is 2.23. The minimum atomic E-state index is -0.270. The first-order valence-corrected chi connectivity index (χ1v) is 6.07. The normalized spacial score (nSPS) is 10.7. The Morgan fingerprint density at radius 3 is 2.90 bits per heavy atom. The summed E-state index contributed by atoms with van der Waals surface area (Å²) in [5, 5.41) is 7.29. The van der Waals surface area contributed by atoms with Crippen molar-refractivity contribution in [3.8, 4) is 5.75 Å². The molecule has 0 aliphatic heterocycles. The number of aryl methyl sites for hydroxylation is 1. The van der Waals surface area contributed by atoms with Crippen LogP contribution < -0.4 is 10.1 Å². The number of anilines is 1. The van der Waals surface area contributed by atoms with Crippen LogP contribution in [0.5, 0.6) is 5.75 Å². The molecule has 6 heteroatoms. The van der Waals surface area contributed by atoms with Gasteiger partial charge in [-0.25, -0.2) is 0 Å². The highest BCUT2D eigenvalue weighted by molar-refractivity contribution is 6.05. The van der Waals surface area contributed by atoms with Gasteiger partial charge in [-0.15, -0.1) is 0 Å². The lowest BCUT2D eigenvalue weighted by molar-refractivity contribution is 0.102. The van der Waals surface area contributed by atoms with E-state index in [0.717, 1.165) is 16.7 Å². The SMILES string of the molecule is COc1ccc2[nH]c(C(=O)Nc3cc(C)on3)cc2c1. The molecule has 2 aromatic heterocycles. The molecule has 0 aliphatic carbocycles. The largest absolute Gasteiger partial charge is 0.497 e. The van der Waals surface area contributed by atoms with Crippen LogP contribution in [0.15, 0.2) is 34.9 Å². The summed E-state index contributed by atoms with van der Waals surface area (Å²) >= 11 is 0. The van der Waals surface area contributed by atoms with Crippen molar-refractivity contribution in [2.75, 3.05) is 12.4 Å². The molecule has 3 rings (SSSR count). The topological polar surface area (TPSA) is 80.2 Å². The Hall–Kier alpha value is -2.76. The number of carbonyl (C=O) groups excluding carboxylic acids is 1. The number of hydrogen-bond acceptors (Lipinski definition) is 4. The molecule has 0 unspecified atom stereocenters. The lowest BCUT2D eigenvalue weighted by atomic mass is 10.2. The van der Waals surface area contributed by atoms with Gasteiger partial charge in [0.2, 0.25) is 0 Å². The average Bonchev–Trinajstić information content (AvgIpc) is 3.03. The average molecular weight is 271 g/mol. The van der Waals surface area contributed by atoms with E-state index < -0.39 is 0 Å². The van der Waals surface area contributed by atoms with Gasteiger partial charge in [0.25, 0.3) is 5.91 Å². The summed E-state index contributed by atoms with van der Waals surface area (Å²) in [4.78, 5) is 15.1. The molecule has 2 N–H and O–H groups in total. The Morgan fingerprint density at radius 1 is 1.35 bits per heavy atom. The van der Waals surface area contributed by atoms with E-state index in [1.54, 1.807) is 26.2 Å². The van der Waals surface area contributed by atoms with Gasteiger partial charge in [-0.2, -0.15) is 0 Å². The van der Waals surface area contributed by atoms with Gasteiger partial charge >= 0.3 is 0 Å². The van der Waals surface area contributed by atoms with Crippen LogP contribution >= 0.6 is 0 Å². The third-order valence-electron chi connectivity index (χ3n) is 2.94. The fraction of sp³-hybridized carbons (Fsp3) is 0.143. The molecular weight excluding hydrogens is 258 g/mol. The van der Waals surface area contributed by atoms with Crippen molar-refractivity contribution in [1.82, 2.24) is 10.1 Å². The number of fused-ring (bicyclic) bond motifs is 1. The number of nitrogens with zero attached hydrogens (tertiary/aromatic N) is 1. The van der Waals surface area contributed by atoms with E-state index in [2.05, 4.69) is 15.5 Å². The Kier molecular flexibility index (Phi) is 2.90. The highest BCUT2D eigenvalue weighted by Crippen LogP contribution is 2.21. The summed E-state index contributed by atoms with van der Waals surface area (Å²) in [6.45, 7) is 1.76. The number of aromatic nitrogens is 2. The molecular formula is C14H13N3O3. The second-order valence-electron chi connectivity index (χ2n) is 4.41. The maximum Gasteiger partial charge on any atom is 0.273 e. The van der Waals surface area contributed by atoms with Crippen molar-refractivity contribution in [2.24, 2.45) is 0 Å². The maximum atomic E-state index is 12.1. The first-order valence-electron chi connectivity index (χ1n) is 6.07. The number of carbonyl (C=O) groups is 1. The number of nitrogens with one attached hydrogen (secondary N) is 2. The van der Waals surface area contributed by atoms with Crippen LogP contribution in [0.4, 0.5) is 5.82 Å². The molecule has 102 valence electrons. The van der Waals surface area contributed by atoms with E-state index in [9.17, 15) is 4.79 Å². The van der Waals surface area contributed by atoms with Crippen LogP contribution in [0, 0.1) is 6.92 Å². The molecule has 0 bridgehead atoms. The van der Waals surface area contributed by atoms with Gasteiger partial charge in [-0.1, -0.05) is 5.16 Å². The molecule has 0 fully saturated rings. The van der Waals surface area contributed by atoms with Crippen LogP contribution in [-0.4, -0.2) is 23.2 Å². The molecule has 1 amide bonds. The highest BCUT2D eigenvalue weighted by Gasteiger charge is 2.12. The van der Waals surface area contributed by atoms with Gasteiger partial charge in [-0.05, 0) is 31.2 Å². The molecule has 0 saturated heterocycles. The van der Waals surface area contributed by atoms with Crippen molar-refractivity contribution < 1.29 is 14.1 Å². The van der Waals surface area contributed by atoms with Crippen molar-refractivity contribution in [2.45, 2.75) is 6.92 Å². The second-order valence-corrected chi connectivity index (χ2v) is 4.41. The zero-order valence-electron chi connectivity index (χ0n) is 11.1. The Morgan fingerprint density at radius 2 is 2.20 bits per heavy atom. The molecule has 1 aromatic carbocycles.